The molecule has 5 heteroatoms. The first-order valence-electron chi connectivity index (χ1n) is 8.27. The number of hydroxylamine groups is 1. The summed E-state index contributed by atoms with van der Waals surface area (Å²) in [5, 5.41) is 22.5. The van der Waals surface area contributed by atoms with Crippen LogP contribution in [-0.2, 0) is 9.47 Å². The number of rotatable bonds is 3. The summed E-state index contributed by atoms with van der Waals surface area (Å²) >= 11 is 0. The Morgan fingerprint density at radius 2 is 1.77 bits per heavy atom. The zero-order valence-electron chi connectivity index (χ0n) is 14.8. The second kappa shape index (κ2) is 5.77. The Labute approximate surface area is 133 Å². The van der Waals surface area contributed by atoms with Crippen LogP contribution in [0.3, 0.4) is 0 Å². The van der Waals surface area contributed by atoms with E-state index >= 15 is 0 Å². The summed E-state index contributed by atoms with van der Waals surface area (Å²) in [6.07, 6.45) is 3.39. The highest BCUT2D eigenvalue weighted by atomic mass is 16.6. The highest BCUT2D eigenvalue weighted by Gasteiger charge is 2.64. The fourth-order valence-electron chi connectivity index (χ4n) is 3.81. The Balaban J connectivity index is 2.37. The van der Waals surface area contributed by atoms with E-state index in [-0.39, 0.29) is 35.9 Å². The number of aliphatic hydroxyl groups excluding tert-OH is 1. The van der Waals surface area contributed by atoms with Crippen molar-refractivity contribution >= 4 is 6.21 Å². The van der Waals surface area contributed by atoms with Crippen molar-refractivity contribution in [3.05, 3.63) is 5.21 Å². The summed E-state index contributed by atoms with van der Waals surface area (Å²) in [4.78, 5) is 0. The Morgan fingerprint density at radius 3 is 2.27 bits per heavy atom. The maximum absolute atomic E-state index is 12.8. The van der Waals surface area contributed by atoms with Crippen LogP contribution in [0.15, 0.2) is 0 Å². The van der Waals surface area contributed by atoms with Crippen LogP contribution in [0.4, 0.5) is 0 Å². The lowest BCUT2D eigenvalue weighted by Gasteiger charge is -2.39. The average Bonchev–Trinajstić information content (AvgIpc) is 2.85. The minimum atomic E-state index is -0.696. The van der Waals surface area contributed by atoms with Gasteiger partial charge >= 0.3 is 0 Å². The minimum Gasteiger partial charge on any atom is -0.623 e. The number of nitrogens with zero attached hydrogens (tertiary/aromatic N) is 1. The van der Waals surface area contributed by atoms with E-state index in [1.54, 1.807) is 6.21 Å². The van der Waals surface area contributed by atoms with Crippen LogP contribution >= 0.6 is 0 Å². The summed E-state index contributed by atoms with van der Waals surface area (Å²) in [5.41, 5.74) is -1.43. The van der Waals surface area contributed by atoms with Gasteiger partial charge in [0.25, 0.3) is 0 Å². The summed E-state index contributed by atoms with van der Waals surface area (Å²) in [7, 11) is 0. The standard InChI is InChI=1S/C17H31NO4/c1-15(2,3)21-13-10-18(20)17(9-7-8-12(17)11-19)14(13)22-16(4,5)6/h10,12-14,19H,7-9,11H2,1-6H3/t12-,13-,14+,17-/m0/s1. The van der Waals surface area contributed by atoms with Crippen LogP contribution in [0.2, 0.25) is 0 Å². The Kier molecular flexibility index (Phi) is 4.64. The summed E-state index contributed by atoms with van der Waals surface area (Å²) in [6.45, 7) is 11.9. The Morgan fingerprint density at radius 1 is 1.18 bits per heavy atom. The van der Waals surface area contributed by atoms with E-state index in [1.807, 2.05) is 41.5 Å². The van der Waals surface area contributed by atoms with Gasteiger partial charge in [-0.1, -0.05) is 0 Å². The number of aliphatic hydroxyl groups is 1. The highest BCUT2D eigenvalue weighted by molar-refractivity contribution is 5.62. The lowest BCUT2D eigenvalue weighted by molar-refractivity contribution is -0.560. The van der Waals surface area contributed by atoms with E-state index in [1.165, 1.54) is 0 Å². The smallest absolute Gasteiger partial charge is 0.206 e. The molecule has 2 rings (SSSR count). The van der Waals surface area contributed by atoms with Crippen LogP contribution in [0.25, 0.3) is 0 Å². The van der Waals surface area contributed by atoms with Gasteiger partial charge in [-0.25, -0.2) is 4.74 Å². The van der Waals surface area contributed by atoms with Crippen molar-refractivity contribution in [3.8, 4) is 0 Å². The molecule has 5 nitrogen and oxygen atoms in total. The summed E-state index contributed by atoms with van der Waals surface area (Å²) in [6, 6.07) is 0. The molecule has 0 aromatic rings. The van der Waals surface area contributed by atoms with E-state index in [2.05, 4.69) is 0 Å². The molecule has 0 saturated heterocycles. The molecule has 128 valence electrons. The van der Waals surface area contributed by atoms with Crippen LogP contribution in [0.5, 0.6) is 0 Å². The predicted molar refractivity (Wildman–Crippen MR) is 86.1 cm³/mol. The van der Waals surface area contributed by atoms with E-state index in [0.29, 0.717) is 0 Å². The van der Waals surface area contributed by atoms with Gasteiger partial charge in [0.2, 0.25) is 5.54 Å². The molecule has 0 aromatic heterocycles. The van der Waals surface area contributed by atoms with Gasteiger partial charge in [-0.2, -0.15) is 0 Å². The molecule has 1 aliphatic heterocycles. The van der Waals surface area contributed by atoms with E-state index < -0.39 is 5.54 Å². The molecule has 0 unspecified atom stereocenters. The molecule has 0 aromatic carbocycles. The molecular weight excluding hydrogens is 282 g/mol. The fourth-order valence-corrected chi connectivity index (χ4v) is 3.81. The summed E-state index contributed by atoms with van der Waals surface area (Å²) in [5.74, 6) is -0.0674. The van der Waals surface area contributed by atoms with Crippen molar-refractivity contribution in [2.75, 3.05) is 6.61 Å². The molecule has 0 bridgehead atoms. The molecule has 1 N–H and O–H groups in total. The first-order chi connectivity index (χ1) is 9.99. The average molecular weight is 313 g/mol. The van der Waals surface area contributed by atoms with Crippen molar-refractivity contribution in [1.29, 1.82) is 0 Å². The van der Waals surface area contributed by atoms with Crippen LogP contribution in [-0.4, -0.2) is 51.6 Å². The van der Waals surface area contributed by atoms with Gasteiger partial charge in [0.15, 0.2) is 18.4 Å². The Hall–Kier alpha value is -0.650. The molecule has 0 radical (unpaired) electrons. The maximum atomic E-state index is 12.8. The van der Waals surface area contributed by atoms with E-state index in [0.717, 1.165) is 24.0 Å². The largest absolute Gasteiger partial charge is 0.623 e. The predicted octanol–water partition coefficient (Wildman–Crippen LogP) is 2.48. The zero-order chi connectivity index (χ0) is 16.8. The second-order valence-corrected chi connectivity index (χ2v) is 8.58. The lowest BCUT2D eigenvalue weighted by Crippen LogP contribution is -2.56. The van der Waals surface area contributed by atoms with Gasteiger partial charge in [0, 0.05) is 6.42 Å². The lowest BCUT2D eigenvalue weighted by atomic mass is 9.82. The molecule has 1 spiro atoms. The number of hydrogen-bond acceptors (Lipinski definition) is 4. The van der Waals surface area contributed by atoms with Crippen LogP contribution in [0, 0.1) is 11.1 Å². The topological polar surface area (TPSA) is 64.8 Å². The molecule has 1 fully saturated rings. The third kappa shape index (κ3) is 3.31. The monoisotopic (exact) mass is 313 g/mol. The van der Waals surface area contributed by atoms with Crippen molar-refractivity contribution in [2.45, 2.75) is 89.8 Å². The molecule has 4 atom stereocenters. The first-order valence-corrected chi connectivity index (χ1v) is 8.27. The van der Waals surface area contributed by atoms with Crippen LogP contribution in [0.1, 0.15) is 60.8 Å². The number of ether oxygens (including phenoxy) is 2. The minimum absolute atomic E-state index is 0.0127. The van der Waals surface area contributed by atoms with Gasteiger partial charge in [-0.15, -0.1) is 0 Å². The molecule has 1 saturated carbocycles. The van der Waals surface area contributed by atoms with E-state index in [9.17, 15) is 10.3 Å². The van der Waals surface area contributed by atoms with Crippen molar-refractivity contribution in [2.24, 2.45) is 5.92 Å². The molecule has 2 aliphatic rings. The third-order valence-electron chi connectivity index (χ3n) is 4.51. The highest BCUT2D eigenvalue weighted by Crippen LogP contribution is 2.47. The van der Waals surface area contributed by atoms with Crippen molar-refractivity contribution < 1.29 is 19.3 Å². The molecule has 0 amide bonds. The fraction of sp³-hybridized carbons (Fsp3) is 0.941. The van der Waals surface area contributed by atoms with Gasteiger partial charge in [-0.3, -0.25) is 0 Å². The molecule has 22 heavy (non-hydrogen) atoms. The van der Waals surface area contributed by atoms with Gasteiger partial charge in [0.05, 0.1) is 23.7 Å². The SMILES string of the molecule is CC(C)(C)O[C@H]1C=[N+]([O-])[C@]2(CCC[C@H]2CO)[C@@H]1OC(C)(C)C. The van der Waals surface area contributed by atoms with Crippen molar-refractivity contribution in [3.63, 3.8) is 0 Å². The summed E-state index contributed by atoms with van der Waals surface area (Å²) < 4.78 is 13.4. The maximum Gasteiger partial charge on any atom is 0.206 e. The third-order valence-corrected chi connectivity index (χ3v) is 4.51. The first kappa shape index (κ1) is 17.7. The van der Waals surface area contributed by atoms with E-state index in [4.69, 9.17) is 9.47 Å². The van der Waals surface area contributed by atoms with Gasteiger partial charge < -0.3 is 19.8 Å². The van der Waals surface area contributed by atoms with Gasteiger partial charge in [0.1, 0.15) is 0 Å². The molecule has 1 heterocycles. The van der Waals surface area contributed by atoms with Crippen molar-refractivity contribution in [1.82, 2.24) is 0 Å². The van der Waals surface area contributed by atoms with Crippen LogP contribution < -0.4 is 0 Å². The second-order valence-electron chi connectivity index (χ2n) is 8.58. The Bertz CT molecular complexity index is 435. The molecular formula is C17H31NO4. The number of hydrogen-bond donors (Lipinski definition) is 1. The quantitative estimate of drug-likeness (QED) is 0.642. The normalized spacial score (nSPS) is 36.1. The van der Waals surface area contributed by atoms with Gasteiger partial charge in [-0.05, 0) is 54.4 Å². The zero-order valence-corrected chi connectivity index (χ0v) is 14.8. The molecule has 1 aliphatic carbocycles.